The average molecular weight is 958 g/mol. The van der Waals surface area contributed by atoms with Crippen LogP contribution in [0.1, 0.15) is 252 Å². The van der Waals surface area contributed by atoms with Gasteiger partial charge in [-0.1, -0.05) is 207 Å². The first-order valence-corrected chi connectivity index (χ1v) is 28.4. The minimum atomic E-state index is -0.812. The number of hydrogen-bond donors (Lipinski definition) is 0. The first-order valence-electron chi connectivity index (χ1n) is 28.4. The van der Waals surface area contributed by atoms with Crippen molar-refractivity contribution in [1.82, 2.24) is 0 Å². The predicted molar refractivity (Wildman–Crippen MR) is 297 cm³/mol. The van der Waals surface area contributed by atoms with Gasteiger partial charge in [-0.2, -0.15) is 0 Å². The highest BCUT2D eigenvalue weighted by Crippen LogP contribution is 2.13. The van der Waals surface area contributed by atoms with Crippen molar-refractivity contribution in [1.29, 1.82) is 0 Å². The fourth-order valence-electron chi connectivity index (χ4n) is 7.40. The van der Waals surface area contributed by atoms with E-state index < -0.39 is 6.10 Å². The molecule has 0 saturated heterocycles. The largest absolute Gasteiger partial charge is 0.462 e. The number of ether oxygens (including phenoxy) is 3. The molecule has 0 aliphatic carbocycles. The second kappa shape index (κ2) is 56.7. The molecule has 1 atom stereocenters. The molecule has 0 heterocycles. The Kier molecular flexibility index (Phi) is 53.4. The zero-order valence-corrected chi connectivity index (χ0v) is 44.8. The number of allylic oxidation sites excluding steroid dienone is 18. The molecule has 0 amide bonds. The van der Waals surface area contributed by atoms with Crippen LogP contribution in [0.15, 0.2) is 109 Å². The monoisotopic (exact) mass is 957 g/mol. The lowest BCUT2D eigenvalue weighted by molar-refractivity contribution is -0.167. The van der Waals surface area contributed by atoms with Gasteiger partial charge in [0, 0.05) is 19.3 Å². The molecule has 0 aromatic rings. The summed E-state index contributed by atoms with van der Waals surface area (Å²) in [6.45, 7) is 6.50. The molecule has 6 heteroatoms. The molecule has 0 aliphatic rings. The standard InChI is InChI=1S/C63H104O6/c1-4-7-10-13-16-19-22-25-28-30-31-33-35-38-41-44-47-50-53-56-62(65)68-59-60(58-67-61(64)55-52-49-46-43-40-37-34-27-24-21-18-15-12-9-6-3)69-63(66)57-54-51-48-45-42-39-36-32-29-26-23-20-17-14-11-8-5-2/h16-21,25-29,31,33-34,36,38-39,41,60H,4-15,22-24,30,32,35,37,40,42-59H2,1-3H3/b19-16-,20-17-,21-18-,28-25-,29-26-,33-31-,34-27-,39-36-,41-38-/t60-/m0/s1. The first kappa shape index (κ1) is 65.1. The molecule has 0 fully saturated rings. The Hall–Kier alpha value is -3.93. The fourth-order valence-corrected chi connectivity index (χ4v) is 7.40. The molecule has 0 rings (SSSR count). The molecule has 0 bridgehead atoms. The third-order valence-electron chi connectivity index (χ3n) is 11.7. The summed E-state index contributed by atoms with van der Waals surface area (Å²) >= 11 is 0. The second-order valence-corrected chi connectivity index (χ2v) is 18.5. The van der Waals surface area contributed by atoms with Crippen molar-refractivity contribution in [2.24, 2.45) is 0 Å². The SMILES string of the molecule is CCCCC/C=C\C/C=C\C/C=C\C/C=C\CCCCCC(=O)OC[C@H](COC(=O)CCCCCCC/C=C\C/C=C\CCCCC)OC(=O)CCCCCC/C=C\C/C=C\C/C=C\CCCCC. The zero-order chi connectivity index (χ0) is 50.0. The van der Waals surface area contributed by atoms with E-state index in [1.54, 1.807) is 0 Å². The van der Waals surface area contributed by atoms with Gasteiger partial charge in [-0.15, -0.1) is 0 Å². The van der Waals surface area contributed by atoms with Gasteiger partial charge in [0.25, 0.3) is 0 Å². The number of unbranched alkanes of at least 4 members (excludes halogenated alkanes) is 21. The van der Waals surface area contributed by atoms with Gasteiger partial charge in [0.1, 0.15) is 13.2 Å². The van der Waals surface area contributed by atoms with E-state index in [1.807, 2.05) is 0 Å². The van der Waals surface area contributed by atoms with Crippen molar-refractivity contribution in [2.75, 3.05) is 13.2 Å². The smallest absolute Gasteiger partial charge is 0.306 e. The highest BCUT2D eigenvalue weighted by atomic mass is 16.6. The number of carbonyl (C=O) groups excluding carboxylic acids is 3. The first-order chi connectivity index (χ1) is 34.0. The maximum Gasteiger partial charge on any atom is 0.306 e. The van der Waals surface area contributed by atoms with Crippen LogP contribution in [-0.2, 0) is 28.6 Å². The Morgan fingerprint density at radius 1 is 0.290 bits per heavy atom. The molecule has 6 nitrogen and oxygen atoms in total. The topological polar surface area (TPSA) is 78.9 Å². The fraction of sp³-hybridized carbons (Fsp3) is 0.667. The van der Waals surface area contributed by atoms with Crippen molar-refractivity contribution in [3.63, 3.8) is 0 Å². The third-order valence-corrected chi connectivity index (χ3v) is 11.7. The van der Waals surface area contributed by atoms with Gasteiger partial charge in [0.05, 0.1) is 0 Å². The Morgan fingerprint density at radius 2 is 0.522 bits per heavy atom. The van der Waals surface area contributed by atoms with Gasteiger partial charge in [-0.25, -0.2) is 0 Å². The van der Waals surface area contributed by atoms with Crippen LogP contribution in [-0.4, -0.2) is 37.2 Å². The summed E-state index contributed by atoms with van der Waals surface area (Å²) in [5, 5.41) is 0. The van der Waals surface area contributed by atoms with Crippen molar-refractivity contribution in [2.45, 2.75) is 258 Å². The normalized spacial score (nSPS) is 12.9. The van der Waals surface area contributed by atoms with E-state index in [-0.39, 0.29) is 37.5 Å². The van der Waals surface area contributed by atoms with Crippen LogP contribution >= 0.6 is 0 Å². The Morgan fingerprint density at radius 3 is 0.826 bits per heavy atom. The summed E-state index contributed by atoms with van der Waals surface area (Å²) in [6.07, 6.45) is 76.4. The van der Waals surface area contributed by atoms with Gasteiger partial charge >= 0.3 is 17.9 Å². The summed E-state index contributed by atoms with van der Waals surface area (Å²) in [6, 6.07) is 0. The van der Waals surface area contributed by atoms with Gasteiger partial charge in [0.2, 0.25) is 0 Å². The Balaban J connectivity index is 4.53. The van der Waals surface area contributed by atoms with E-state index in [4.69, 9.17) is 14.2 Å². The van der Waals surface area contributed by atoms with Crippen LogP contribution in [0.4, 0.5) is 0 Å². The molecule has 0 aliphatic heterocycles. The quantitative estimate of drug-likeness (QED) is 0.0262. The summed E-state index contributed by atoms with van der Waals surface area (Å²) in [4.78, 5) is 38.1. The molecule has 392 valence electrons. The number of carbonyl (C=O) groups is 3. The Bertz CT molecular complexity index is 1420. The minimum Gasteiger partial charge on any atom is -0.462 e. The summed E-state index contributed by atoms with van der Waals surface area (Å²) in [7, 11) is 0. The van der Waals surface area contributed by atoms with E-state index in [0.29, 0.717) is 12.8 Å². The Labute approximate surface area is 425 Å². The van der Waals surface area contributed by atoms with Gasteiger partial charge in [-0.3, -0.25) is 14.4 Å². The maximum absolute atomic E-state index is 12.8. The molecular formula is C63H104O6. The molecule has 69 heavy (non-hydrogen) atoms. The van der Waals surface area contributed by atoms with Crippen LogP contribution in [0.25, 0.3) is 0 Å². The van der Waals surface area contributed by atoms with Gasteiger partial charge in [0.15, 0.2) is 6.10 Å². The molecule has 0 spiro atoms. The van der Waals surface area contributed by atoms with Crippen LogP contribution in [0, 0.1) is 0 Å². The molecule has 0 unspecified atom stereocenters. The van der Waals surface area contributed by atoms with Gasteiger partial charge < -0.3 is 14.2 Å². The molecule has 0 aromatic carbocycles. The van der Waals surface area contributed by atoms with Gasteiger partial charge in [-0.05, 0) is 135 Å². The second-order valence-electron chi connectivity index (χ2n) is 18.5. The van der Waals surface area contributed by atoms with E-state index in [2.05, 4.69) is 130 Å². The van der Waals surface area contributed by atoms with E-state index in [1.165, 1.54) is 77.0 Å². The third kappa shape index (κ3) is 54.9. The highest BCUT2D eigenvalue weighted by Gasteiger charge is 2.19. The average Bonchev–Trinajstić information content (AvgIpc) is 3.35. The van der Waals surface area contributed by atoms with Crippen molar-refractivity contribution in [3.8, 4) is 0 Å². The lowest BCUT2D eigenvalue weighted by Gasteiger charge is -2.18. The summed E-state index contributed by atoms with van der Waals surface area (Å²) in [5.74, 6) is -0.974. The van der Waals surface area contributed by atoms with Crippen LogP contribution in [0.2, 0.25) is 0 Å². The lowest BCUT2D eigenvalue weighted by Crippen LogP contribution is -2.30. The number of hydrogen-bond acceptors (Lipinski definition) is 6. The van der Waals surface area contributed by atoms with Crippen molar-refractivity contribution in [3.05, 3.63) is 109 Å². The van der Waals surface area contributed by atoms with Crippen LogP contribution in [0.3, 0.4) is 0 Å². The van der Waals surface area contributed by atoms with Crippen LogP contribution < -0.4 is 0 Å². The van der Waals surface area contributed by atoms with Crippen molar-refractivity contribution < 1.29 is 28.6 Å². The lowest BCUT2D eigenvalue weighted by atomic mass is 10.1. The van der Waals surface area contributed by atoms with E-state index in [0.717, 1.165) is 135 Å². The molecule has 0 N–H and O–H groups in total. The number of rotatable bonds is 50. The zero-order valence-electron chi connectivity index (χ0n) is 44.8. The molecule has 0 saturated carbocycles. The highest BCUT2D eigenvalue weighted by molar-refractivity contribution is 5.71. The maximum atomic E-state index is 12.8. The predicted octanol–water partition coefficient (Wildman–Crippen LogP) is 19.1. The van der Waals surface area contributed by atoms with E-state index >= 15 is 0 Å². The number of esters is 3. The minimum absolute atomic E-state index is 0.107. The van der Waals surface area contributed by atoms with E-state index in [9.17, 15) is 14.4 Å². The summed E-state index contributed by atoms with van der Waals surface area (Å²) in [5.41, 5.74) is 0. The summed E-state index contributed by atoms with van der Waals surface area (Å²) < 4.78 is 16.8. The molecule has 0 radical (unpaired) electrons. The molecule has 0 aromatic heterocycles. The molecular weight excluding hydrogens is 853 g/mol. The van der Waals surface area contributed by atoms with Crippen LogP contribution in [0.5, 0.6) is 0 Å². The van der Waals surface area contributed by atoms with Crippen molar-refractivity contribution >= 4 is 17.9 Å².